The summed E-state index contributed by atoms with van der Waals surface area (Å²) in [5.74, 6) is 0.697. The van der Waals surface area contributed by atoms with Crippen LogP contribution in [-0.2, 0) is 5.54 Å². The van der Waals surface area contributed by atoms with Crippen molar-refractivity contribution in [1.29, 1.82) is 0 Å². The van der Waals surface area contributed by atoms with Gasteiger partial charge in [0, 0.05) is 23.9 Å². The molecule has 2 amide bonds. The van der Waals surface area contributed by atoms with Crippen molar-refractivity contribution in [2.24, 2.45) is 0 Å². The molecule has 1 aliphatic carbocycles. The van der Waals surface area contributed by atoms with Gasteiger partial charge in [0.05, 0.1) is 5.54 Å². The third-order valence-electron chi connectivity index (χ3n) is 6.83. The third-order valence-corrected chi connectivity index (χ3v) is 6.83. The number of nitrogens with one attached hydrogen (secondary N) is 2. The Hall–Kier alpha value is -2.75. The lowest BCUT2D eigenvalue weighted by atomic mass is 9.92. The smallest absolute Gasteiger partial charge is 0.319 e. The van der Waals surface area contributed by atoms with Gasteiger partial charge in [0.1, 0.15) is 0 Å². The van der Waals surface area contributed by atoms with Gasteiger partial charge in [-0.3, -0.25) is 0 Å². The fourth-order valence-corrected chi connectivity index (χ4v) is 5.13. The van der Waals surface area contributed by atoms with Crippen molar-refractivity contribution in [3.05, 3.63) is 65.9 Å². The van der Waals surface area contributed by atoms with E-state index in [-0.39, 0.29) is 11.6 Å². The first-order valence-corrected chi connectivity index (χ1v) is 11.7. The molecule has 2 aromatic carbocycles. The Balaban J connectivity index is 1.56. The largest absolute Gasteiger partial charge is 0.340 e. The molecule has 2 N–H and O–H groups in total. The SMILES string of the molecule is CC(C)c1cccc(C(C)C)c1NC(=O)NCC1(n2ccc3ccccc32)CCCC1. The van der Waals surface area contributed by atoms with Crippen molar-refractivity contribution in [3.8, 4) is 0 Å². The van der Waals surface area contributed by atoms with E-state index in [1.165, 1.54) is 34.9 Å². The number of benzene rings is 2. The lowest BCUT2D eigenvalue weighted by molar-refractivity contribution is 0.239. The first kappa shape index (κ1) is 21.5. The Morgan fingerprint density at radius 2 is 1.58 bits per heavy atom. The normalized spacial score (nSPS) is 15.7. The Bertz CT molecular complexity index is 1030. The highest BCUT2D eigenvalue weighted by atomic mass is 16.2. The van der Waals surface area contributed by atoms with E-state index in [9.17, 15) is 4.79 Å². The van der Waals surface area contributed by atoms with Crippen LogP contribution in [0.5, 0.6) is 0 Å². The van der Waals surface area contributed by atoms with Crippen LogP contribution >= 0.6 is 0 Å². The summed E-state index contributed by atoms with van der Waals surface area (Å²) in [4.78, 5) is 13.1. The first-order chi connectivity index (χ1) is 14.9. The minimum atomic E-state index is -0.113. The van der Waals surface area contributed by atoms with Gasteiger partial charge in [-0.2, -0.15) is 0 Å². The predicted molar refractivity (Wildman–Crippen MR) is 130 cm³/mol. The first-order valence-electron chi connectivity index (χ1n) is 11.7. The van der Waals surface area contributed by atoms with Crippen LogP contribution in [0.1, 0.15) is 76.3 Å². The van der Waals surface area contributed by atoms with Crippen molar-refractivity contribution in [2.75, 3.05) is 11.9 Å². The number of anilines is 1. The van der Waals surface area contributed by atoms with Crippen molar-refractivity contribution in [2.45, 2.75) is 70.8 Å². The van der Waals surface area contributed by atoms with Gasteiger partial charge in [0.15, 0.2) is 0 Å². The molecule has 1 heterocycles. The second-order valence-corrected chi connectivity index (χ2v) is 9.60. The average molecular weight is 418 g/mol. The molecule has 4 nitrogen and oxygen atoms in total. The summed E-state index contributed by atoms with van der Waals surface area (Å²) in [7, 11) is 0. The molecule has 0 radical (unpaired) electrons. The Morgan fingerprint density at radius 3 is 2.23 bits per heavy atom. The van der Waals surface area contributed by atoms with E-state index in [0.29, 0.717) is 18.4 Å². The molecule has 4 heteroatoms. The standard InChI is InChI=1S/C27H35N3O/c1-19(2)22-11-9-12-23(20(3)4)25(22)29-26(31)28-18-27(15-7-8-16-27)30-17-14-21-10-5-6-13-24(21)30/h5-6,9-14,17,19-20H,7-8,15-16,18H2,1-4H3,(H2,28,29,31). The average Bonchev–Trinajstić information content (AvgIpc) is 3.40. The van der Waals surface area contributed by atoms with Crippen LogP contribution in [0.15, 0.2) is 54.7 Å². The number of aromatic nitrogens is 1. The summed E-state index contributed by atoms with van der Waals surface area (Å²) < 4.78 is 2.40. The van der Waals surface area contributed by atoms with Gasteiger partial charge in [-0.15, -0.1) is 0 Å². The van der Waals surface area contributed by atoms with E-state index in [2.05, 4.69) is 97.6 Å². The topological polar surface area (TPSA) is 46.1 Å². The van der Waals surface area contributed by atoms with E-state index in [1.807, 2.05) is 0 Å². The predicted octanol–water partition coefficient (Wildman–Crippen LogP) is 6.98. The molecule has 1 aliphatic rings. The fraction of sp³-hybridized carbons (Fsp3) is 0.444. The molecule has 0 aliphatic heterocycles. The highest BCUT2D eigenvalue weighted by Crippen LogP contribution is 2.39. The van der Waals surface area contributed by atoms with Gasteiger partial charge in [-0.1, -0.05) is 76.9 Å². The van der Waals surface area contributed by atoms with Crippen molar-refractivity contribution in [1.82, 2.24) is 9.88 Å². The molecule has 0 spiro atoms. The zero-order chi connectivity index (χ0) is 22.0. The van der Waals surface area contributed by atoms with Crippen LogP contribution in [-0.4, -0.2) is 17.1 Å². The lowest BCUT2D eigenvalue weighted by Gasteiger charge is -2.32. The molecule has 3 aromatic rings. The van der Waals surface area contributed by atoms with Crippen LogP contribution < -0.4 is 10.6 Å². The summed E-state index contributed by atoms with van der Waals surface area (Å²) in [5.41, 5.74) is 4.54. The van der Waals surface area contributed by atoms with Crippen LogP contribution in [0, 0.1) is 0 Å². The molecule has 31 heavy (non-hydrogen) atoms. The maximum Gasteiger partial charge on any atom is 0.319 e. The number of nitrogens with zero attached hydrogens (tertiary/aromatic N) is 1. The minimum Gasteiger partial charge on any atom is -0.340 e. The van der Waals surface area contributed by atoms with Gasteiger partial charge in [0.2, 0.25) is 0 Å². The Kier molecular flexibility index (Phi) is 6.08. The van der Waals surface area contributed by atoms with Gasteiger partial charge in [-0.25, -0.2) is 4.79 Å². The molecular formula is C27H35N3O. The summed E-state index contributed by atoms with van der Waals surface area (Å²) in [6, 6.07) is 16.9. The van der Waals surface area contributed by atoms with E-state index in [4.69, 9.17) is 0 Å². The monoisotopic (exact) mass is 417 g/mol. The zero-order valence-corrected chi connectivity index (χ0v) is 19.2. The molecule has 1 fully saturated rings. The fourth-order valence-electron chi connectivity index (χ4n) is 5.13. The molecule has 1 saturated carbocycles. The number of hydrogen-bond acceptors (Lipinski definition) is 1. The molecule has 0 atom stereocenters. The number of hydrogen-bond donors (Lipinski definition) is 2. The van der Waals surface area contributed by atoms with Crippen LogP contribution in [0.4, 0.5) is 10.5 Å². The Morgan fingerprint density at radius 1 is 0.935 bits per heavy atom. The van der Waals surface area contributed by atoms with E-state index < -0.39 is 0 Å². The highest BCUT2D eigenvalue weighted by molar-refractivity contribution is 5.91. The van der Waals surface area contributed by atoms with Gasteiger partial charge in [-0.05, 0) is 53.3 Å². The summed E-state index contributed by atoms with van der Waals surface area (Å²) in [5, 5.41) is 7.69. The van der Waals surface area contributed by atoms with E-state index in [1.54, 1.807) is 0 Å². The maximum absolute atomic E-state index is 13.1. The number of amides is 2. The number of para-hydroxylation sites is 2. The number of fused-ring (bicyclic) bond motifs is 1. The number of carbonyl (C=O) groups is 1. The number of urea groups is 1. The van der Waals surface area contributed by atoms with Crippen LogP contribution in [0.3, 0.4) is 0 Å². The van der Waals surface area contributed by atoms with Gasteiger partial charge >= 0.3 is 6.03 Å². The van der Waals surface area contributed by atoms with Crippen molar-refractivity contribution < 1.29 is 4.79 Å². The lowest BCUT2D eigenvalue weighted by Crippen LogP contribution is -2.44. The zero-order valence-electron chi connectivity index (χ0n) is 19.2. The minimum absolute atomic E-state index is 0.0567. The van der Waals surface area contributed by atoms with E-state index in [0.717, 1.165) is 18.5 Å². The highest BCUT2D eigenvalue weighted by Gasteiger charge is 2.36. The number of carbonyl (C=O) groups excluding carboxylic acids is 1. The molecule has 164 valence electrons. The molecule has 0 bridgehead atoms. The quantitative estimate of drug-likeness (QED) is 0.446. The number of rotatable bonds is 6. The van der Waals surface area contributed by atoms with Crippen molar-refractivity contribution in [3.63, 3.8) is 0 Å². The molecular weight excluding hydrogens is 382 g/mol. The second kappa shape index (κ2) is 8.78. The van der Waals surface area contributed by atoms with Gasteiger partial charge in [0.25, 0.3) is 0 Å². The summed E-state index contributed by atoms with van der Waals surface area (Å²) >= 11 is 0. The van der Waals surface area contributed by atoms with Gasteiger partial charge < -0.3 is 15.2 Å². The third kappa shape index (κ3) is 4.21. The summed E-state index contributed by atoms with van der Waals surface area (Å²) in [6.07, 6.45) is 6.77. The second-order valence-electron chi connectivity index (χ2n) is 9.60. The molecule has 1 aromatic heterocycles. The molecule has 4 rings (SSSR count). The molecule has 0 unspecified atom stereocenters. The molecule has 0 saturated heterocycles. The Labute approximate surface area is 186 Å². The maximum atomic E-state index is 13.1. The van der Waals surface area contributed by atoms with Crippen molar-refractivity contribution >= 4 is 22.6 Å². The van der Waals surface area contributed by atoms with Crippen LogP contribution in [0.2, 0.25) is 0 Å². The van der Waals surface area contributed by atoms with Crippen LogP contribution in [0.25, 0.3) is 10.9 Å². The van der Waals surface area contributed by atoms with E-state index >= 15 is 0 Å². The summed E-state index contributed by atoms with van der Waals surface area (Å²) in [6.45, 7) is 9.33.